The number of hydrogen-bond acceptors (Lipinski definition) is 3. The third kappa shape index (κ3) is 5.69. The lowest BCUT2D eigenvalue weighted by molar-refractivity contribution is -0.245. The molecule has 0 fully saturated rings. The summed E-state index contributed by atoms with van der Waals surface area (Å²) >= 11 is 7.80. The van der Waals surface area contributed by atoms with Crippen molar-refractivity contribution in [3.8, 4) is 0 Å². The minimum Gasteiger partial charge on any atom is -0.373 e. The van der Waals surface area contributed by atoms with E-state index in [4.69, 9.17) is 17.3 Å². The molecule has 0 aromatic heterocycles. The molecule has 0 heterocycles. The van der Waals surface area contributed by atoms with E-state index in [1.807, 2.05) is 22.6 Å². The van der Waals surface area contributed by atoms with Gasteiger partial charge in [0, 0.05) is 14.6 Å². The van der Waals surface area contributed by atoms with Crippen LogP contribution in [0, 0.1) is 12.8 Å². The molecule has 0 aliphatic heterocycles. The van der Waals surface area contributed by atoms with Crippen molar-refractivity contribution in [1.82, 2.24) is 5.32 Å². The highest BCUT2D eigenvalue weighted by Crippen LogP contribution is 2.46. The summed E-state index contributed by atoms with van der Waals surface area (Å²) < 4.78 is 43.2. The molecule has 2 aromatic carbocycles. The van der Waals surface area contributed by atoms with Crippen LogP contribution in [0.15, 0.2) is 70.3 Å². The van der Waals surface area contributed by atoms with Gasteiger partial charge in [-0.2, -0.15) is 13.2 Å². The number of allylic oxidation sites excluding steroid dienone is 2. The van der Waals surface area contributed by atoms with Gasteiger partial charge in [0.15, 0.2) is 0 Å². The summed E-state index contributed by atoms with van der Waals surface area (Å²) in [5.74, 6) is -2.29. The first kappa shape index (κ1) is 29.9. The number of hydrogen-bond donors (Lipinski definition) is 3. The van der Waals surface area contributed by atoms with Gasteiger partial charge >= 0.3 is 6.18 Å². The smallest absolute Gasteiger partial charge is 0.373 e. The second-order valence-electron chi connectivity index (χ2n) is 9.42. The van der Waals surface area contributed by atoms with Crippen LogP contribution in [0.2, 0.25) is 5.02 Å². The highest BCUT2D eigenvalue weighted by Gasteiger charge is 2.54. The Hall–Kier alpha value is -2.63. The Labute approximate surface area is 237 Å². The van der Waals surface area contributed by atoms with Gasteiger partial charge < -0.3 is 16.2 Å². The molecule has 0 spiro atoms. The van der Waals surface area contributed by atoms with E-state index in [2.05, 4.69) is 5.32 Å². The highest BCUT2D eigenvalue weighted by molar-refractivity contribution is 14.1. The molecule has 5 nitrogen and oxygen atoms in total. The van der Waals surface area contributed by atoms with Crippen LogP contribution in [-0.2, 0) is 20.6 Å². The number of carbonyl (C=O) groups excluding carboxylic acids is 2. The van der Waals surface area contributed by atoms with Crippen molar-refractivity contribution in [2.24, 2.45) is 11.7 Å². The molecule has 2 amide bonds. The van der Waals surface area contributed by atoms with Gasteiger partial charge in [-0.3, -0.25) is 9.59 Å². The molecule has 0 bridgehead atoms. The summed E-state index contributed by atoms with van der Waals surface area (Å²) in [7, 11) is 0. The Morgan fingerprint density at radius 3 is 2.34 bits per heavy atom. The molecule has 202 valence electrons. The molecule has 0 radical (unpaired) electrons. The normalized spacial score (nSPS) is 21.3. The number of halogens is 5. The van der Waals surface area contributed by atoms with Crippen molar-refractivity contribution < 1.29 is 27.9 Å². The minimum atomic E-state index is -5.06. The second kappa shape index (κ2) is 11.2. The van der Waals surface area contributed by atoms with Crippen LogP contribution in [0.3, 0.4) is 0 Å². The van der Waals surface area contributed by atoms with Crippen LogP contribution in [0.5, 0.6) is 0 Å². The van der Waals surface area contributed by atoms with E-state index < -0.39 is 40.5 Å². The average Bonchev–Trinajstić information content (AvgIpc) is 2.81. The fourth-order valence-electron chi connectivity index (χ4n) is 4.51. The number of aryl methyl sites for hydroxylation is 1. The Kier molecular flexibility index (Phi) is 8.84. The molecule has 3 unspecified atom stereocenters. The zero-order chi connectivity index (χ0) is 28.5. The Balaban J connectivity index is 2.15. The van der Waals surface area contributed by atoms with Crippen LogP contribution >= 0.6 is 34.2 Å². The van der Waals surface area contributed by atoms with E-state index in [0.29, 0.717) is 20.2 Å². The summed E-state index contributed by atoms with van der Waals surface area (Å²) in [6.07, 6.45) is 1.54. The van der Waals surface area contributed by atoms with Crippen LogP contribution < -0.4 is 11.1 Å². The molecule has 1 aliphatic carbocycles. The number of rotatable bonds is 7. The van der Waals surface area contributed by atoms with Crippen molar-refractivity contribution in [3.05, 3.63) is 97.6 Å². The van der Waals surface area contributed by atoms with Gasteiger partial charge in [-0.15, -0.1) is 0 Å². The monoisotopic (exact) mass is 658 g/mol. The quantitative estimate of drug-likeness (QED) is 0.326. The van der Waals surface area contributed by atoms with Gasteiger partial charge in [0.2, 0.25) is 17.4 Å². The maximum absolute atomic E-state index is 14.2. The lowest BCUT2D eigenvalue weighted by atomic mass is 9.65. The SMILES string of the molecule is Cc1cc(C(O)(C=Cc2ccc(Cl)cc2)C(F)(F)F)ccc1C1(C(N)=O)C=CC=C(I)C1C(=O)NC(C)C. The molecular weight excluding hydrogens is 632 g/mol. The first-order valence-electron chi connectivity index (χ1n) is 11.6. The number of carbonyl (C=O) groups is 2. The van der Waals surface area contributed by atoms with Crippen molar-refractivity contribution in [2.45, 2.75) is 44.0 Å². The number of aliphatic hydroxyl groups is 1. The number of benzene rings is 2. The third-order valence-electron chi connectivity index (χ3n) is 6.38. The molecule has 38 heavy (non-hydrogen) atoms. The predicted octanol–water partition coefficient (Wildman–Crippen LogP) is 5.86. The molecular formula is C28H27ClF3IN2O3. The number of alkyl halides is 3. The van der Waals surface area contributed by atoms with Gasteiger partial charge in [0.25, 0.3) is 0 Å². The van der Waals surface area contributed by atoms with Gasteiger partial charge in [-0.1, -0.05) is 66.2 Å². The summed E-state index contributed by atoms with van der Waals surface area (Å²) in [6, 6.07) is 9.45. The second-order valence-corrected chi connectivity index (χ2v) is 11.1. The Bertz CT molecular complexity index is 1320. The summed E-state index contributed by atoms with van der Waals surface area (Å²) in [5, 5.41) is 14.1. The van der Waals surface area contributed by atoms with E-state index in [1.165, 1.54) is 43.3 Å². The molecule has 0 saturated heterocycles. The van der Waals surface area contributed by atoms with Gasteiger partial charge in [-0.25, -0.2) is 0 Å². The largest absolute Gasteiger partial charge is 0.425 e. The van der Waals surface area contributed by atoms with Crippen molar-refractivity contribution in [1.29, 1.82) is 0 Å². The molecule has 2 aromatic rings. The lowest BCUT2D eigenvalue weighted by Crippen LogP contribution is -2.53. The third-order valence-corrected chi connectivity index (χ3v) is 7.61. The van der Waals surface area contributed by atoms with Crippen LogP contribution in [0.1, 0.15) is 36.1 Å². The maximum Gasteiger partial charge on any atom is 0.425 e. The number of nitrogens with two attached hydrogens (primary N) is 1. The van der Waals surface area contributed by atoms with Crippen molar-refractivity contribution in [2.75, 3.05) is 0 Å². The fraction of sp³-hybridized carbons (Fsp3) is 0.286. The number of amides is 2. The summed E-state index contributed by atoms with van der Waals surface area (Å²) in [5.41, 5.74) is 1.38. The zero-order valence-corrected chi connectivity index (χ0v) is 23.7. The highest BCUT2D eigenvalue weighted by atomic mass is 127. The molecule has 1 aliphatic rings. The standard InChI is InChI=1S/C28H27ClF3IN2O3/c1-16(2)35-24(36)23-22(33)5-4-13-26(23,25(34)37)21-11-8-19(15-17(21)3)27(38,28(30,31)32)14-12-18-6-9-20(29)10-7-18/h4-16,23,38H,1-3H3,(H2,34,37)(H,35,36). The number of primary amides is 1. The maximum atomic E-state index is 14.2. The Morgan fingerprint density at radius 1 is 1.18 bits per heavy atom. The van der Waals surface area contributed by atoms with Crippen LogP contribution in [0.4, 0.5) is 13.2 Å². The predicted molar refractivity (Wildman–Crippen MR) is 151 cm³/mol. The summed E-state index contributed by atoms with van der Waals surface area (Å²) in [4.78, 5) is 26.2. The van der Waals surface area contributed by atoms with E-state index in [-0.39, 0.29) is 17.2 Å². The van der Waals surface area contributed by atoms with E-state index in [0.717, 1.165) is 18.2 Å². The topological polar surface area (TPSA) is 92.4 Å². The van der Waals surface area contributed by atoms with Crippen LogP contribution in [-0.4, -0.2) is 29.1 Å². The average molecular weight is 659 g/mol. The molecule has 10 heteroatoms. The molecule has 4 N–H and O–H groups in total. The van der Waals surface area contributed by atoms with Crippen molar-refractivity contribution >= 4 is 52.1 Å². The first-order chi connectivity index (χ1) is 17.6. The van der Waals surface area contributed by atoms with E-state index in [9.17, 15) is 27.9 Å². The van der Waals surface area contributed by atoms with E-state index >= 15 is 0 Å². The van der Waals surface area contributed by atoms with Gasteiger partial charge in [0.1, 0.15) is 5.41 Å². The first-order valence-corrected chi connectivity index (χ1v) is 13.1. The fourth-order valence-corrected chi connectivity index (χ4v) is 5.62. The van der Waals surface area contributed by atoms with E-state index in [1.54, 1.807) is 26.0 Å². The molecule has 3 atom stereocenters. The summed E-state index contributed by atoms with van der Waals surface area (Å²) in [6.45, 7) is 5.06. The minimum absolute atomic E-state index is 0.221. The molecule has 3 rings (SSSR count). The van der Waals surface area contributed by atoms with Gasteiger partial charge in [-0.05, 0) is 83.8 Å². The number of nitrogens with one attached hydrogen (secondary N) is 1. The van der Waals surface area contributed by atoms with Gasteiger partial charge in [0.05, 0.1) is 5.92 Å². The molecule has 0 saturated carbocycles. The van der Waals surface area contributed by atoms with Crippen LogP contribution in [0.25, 0.3) is 6.08 Å². The Morgan fingerprint density at radius 2 is 1.82 bits per heavy atom. The van der Waals surface area contributed by atoms with Crippen molar-refractivity contribution in [3.63, 3.8) is 0 Å². The zero-order valence-electron chi connectivity index (χ0n) is 20.8. The lowest BCUT2D eigenvalue weighted by Gasteiger charge is -2.39.